The number of hydrogen-bond donors (Lipinski definition) is 3. The van der Waals surface area contributed by atoms with E-state index in [1.54, 1.807) is 0 Å². The highest BCUT2D eigenvalue weighted by molar-refractivity contribution is 6.13. The number of nitrogen functional groups attached to an aromatic ring is 1. The molecule has 1 aliphatic heterocycles. The molecule has 4 N–H and O–H groups in total. The highest BCUT2D eigenvalue weighted by Gasteiger charge is 2.14. The molecule has 5 nitrogen and oxygen atoms in total. The van der Waals surface area contributed by atoms with E-state index >= 15 is 0 Å². The Morgan fingerprint density at radius 2 is 1.79 bits per heavy atom. The van der Waals surface area contributed by atoms with Gasteiger partial charge in [-0.15, -0.1) is 0 Å². The van der Waals surface area contributed by atoms with Gasteiger partial charge in [0.1, 0.15) is 0 Å². The molecule has 1 aromatic heterocycles. The molecule has 28 heavy (non-hydrogen) atoms. The van der Waals surface area contributed by atoms with Gasteiger partial charge in [0.2, 0.25) is 0 Å². The van der Waals surface area contributed by atoms with E-state index in [1.807, 2.05) is 25.1 Å². The number of benzene rings is 2. The molecule has 0 amide bonds. The van der Waals surface area contributed by atoms with E-state index in [0.717, 1.165) is 28.8 Å². The third kappa shape index (κ3) is 4.04. The van der Waals surface area contributed by atoms with Crippen molar-refractivity contribution in [3.8, 4) is 5.88 Å². The van der Waals surface area contributed by atoms with Crippen LogP contribution in [0.15, 0.2) is 47.5 Å². The standard InChI is InChI=1S/C23H28N4O/c1-16(22-20-14-18(24)8-11-21(20)26-23(22)28)25-19-9-6-17(7-10-19)15-27-12-4-2-3-5-13-27/h6-11,14,26,28H,2-5,12-13,15,24H2,1H3. The van der Waals surface area contributed by atoms with Crippen LogP contribution in [0.3, 0.4) is 0 Å². The Hall–Kier alpha value is -2.79. The average molecular weight is 377 g/mol. The maximum Gasteiger partial charge on any atom is 0.198 e. The molecule has 0 radical (unpaired) electrons. The minimum atomic E-state index is 0.125. The molecule has 0 atom stereocenters. The molecule has 5 heteroatoms. The first-order chi connectivity index (χ1) is 13.6. The Morgan fingerprint density at radius 1 is 1.07 bits per heavy atom. The van der Waals surface area contributed by atoms with Crippen LogP contribution in [0.5, 0.6) is 5.88 Å². The summed E-state index contributed by atoms with van der Waals surface area (Å²) in [4.78, 5) is 10.3. The van der Waals surface area contributed by atoms with E-state index in [4.69, 9.17) is 10.7 Å². The van der Waals surface area contributed by atoms with Crippen molar-refractivity contribution in [2.45, 2.75) is 39.2 Å². The summed E-state index contributed by atoms with van der Waals surface area (Å²) in [6.45, 7) is 5.31. The monoisotopic (exact) mass is 376 g/mol. The number of aromatic amines is 1. The van der Waals surface area contributed by atoms with Crippen LogP contribution in [0.25, 0.3) is 10.9 Å². The molecule has 0 saturated carbocycles. The zero-order chi connectivity index (χ0) is 19.5. The largest absolute Gasteiger partial charge is 0.494 e. The lowest BCUT2D eigenvalue weighted by Crippen LogP contribution is -2.23. The van der Waals surface area contributed by atoms with Crippen LogP contribution in [0.1, 0.15) is 43.7 Å². The third-order valence-electron chi connectivity index (χ3n) is 5.50. The van der Waals surface area contributed by atoms with Crippen molar-refractivity contribution >= 4 is 28.0 Å². The predicted molar refractivity (Wildman–Crippen MR) is 116 cm³/mol. The van der Waals surface area contributed by atoms with E-state index in [-0.39, 0.29) is 5.88 Å². The maximum absolute atomic E-state index is 10.3. The number of aliphatic imine (C=N–C) groups is 1. The minimum absolute atomic E-state index is 0.125. The lowest BCUT2D eigenvalue weighted by Gasteiger charge is -2.19. The van der Waals surface area contributed by atoms with E-state index in [1.165, 1.54) is 44.3 Å². The predicted octanol–water partition coefficient (Wildman–Crippen LogP) is 4.97. The number of rotatable bonds is 4. The van der Waals surface area contributed by atoms with Crippen molar-refractivity contribution in [2.24, 2.45) is 4.99 Å². The second-order valence-electron chi connectivity index (χ2n) is 7.71. The number of fused-ring (bicyclic) bond motifs is 1. The molecule has 2 heterocycles. The molecule has 1 fully saturated rings. The van der Waals surface area contributed by atoms with Crippen LogP contribution in [0.4, 0.5) is 11.4 Å². The van der Waals surface area contributed by atoms with Gasteiger partial charge >= 0.3 is 0 Å². The van der Waals surface area contributed by atoms with Crippen LogP contribution in [-0.2, 0) is 6.54 Å². The summed E-state index contributed by atoms with van der Waals surface area (Å²) in [5, 5.41) is 11.2. The van der Waals surface area contributed by atoms with Gasteiger partial charge in [-0.05, 0) is 68.8 Å². The van der Waals surface area contributed by atoms with Crippen molar-refractivity contribution in [1.82, 2.24) is 9.88 Å². The zero-order valence-electron chi connectivity index (χ0n) is 16.4. The van der Waals surface area contributed by atoms with Gasteiger partial charge in [0.25, 0.3) is 0 Å². The van der Waals surface area contributed by atoms with Crippen molar-refractivity contribution < 1.29 is 5.11 Å². The van der Waals surface area contributed by atoms with Crippen LogP contribution in [0.2, 0.25) is 0 Å². The van der Waals surface area contributed by atoms with Gasteiger partial charge < -0.3 is 15.8 Å². The van der Waals surface area contributed by atoms with Gasteiger partial charge in [0, 0.05) is 23.1 Å². The van der Waals surface area contributed by atoms with Gasteiger partial charge in [-0.2, -0.15) is 0 Å². The molecule has 3 aromatic rings. The number of aromatic hydroxyl groups is 1. The van der Waals surface area contributed by atoms with Crippen LogP contribution >= 0.6 is 0 Å². The minimum Gasteiger partial charge on any atom is -0.494 e. The van der Waals surface area contributed by atoms with E-state index in [0.29, 0.717) is 11.3 Å². The topological polar surface area (TPSA) is 77.6 Å². The molecule has 0 unspecified atom stereocenters. The lowest BCUT2D eigenvalue weighted by molar-refractivity contribution is 0.277. The van der Waals surface area contributed by atoms with Gasteiger partial charge in [-0.25, -0.2) is 0 Å². The number of likely N-dealkylation sites (tertiary alicyclic amines) is 1. The number of nitrogens with one attached hydrogen (secondary N) is 1. The van der Waals surface area contributed by atoms with Crippen LogP contribution < -0.4 is 5.73 Å². The number of aromatic nitrogens is 1. The first kappa shape index (κ1) is 18.6. The second-order valence-corrected chi connectivity index (χ2v) is 7.71. The molecule has 1 aliphatic rings. The van der Waals surface area contributed by atoms with Crippen molar-refractivity contribution in [3.63, 3.8) is 0 Å². The van der Waals surface area contributed by atoms with Crippen LogP contribution in [-0.4, -0.2) is 33.8 Å². The number of H-pyrrole nitrogens is 1. The van der Waals surface area contributed by atoms with Gasteiger partial charge in [-0.3, -0.25) is 9.89 Å². The normalized spacial score (nSPS) is 16.4. The van der Waals surface area contributed by atoms with E-state index in [9.17, 15) is 5.11 Å². The Balaban J connectivity index is 1.54. The molecule has 4 rings (SSSR count). The molecule has 0 bridgehead atoms. The molecule has 2 aromatic carbocycles. The number of nitrogens with zero attached hydrogens (tertiary/aromatic N) is 2. The Labute approximate surface area is 165 Å². The van der Waals surface area contributed by atoms with Gasteiger partial charge in [0.15, 0.2) is 5.88 Å². The van der Waals surface area contributed by atoms with Crippen molar-refractivity contribution in [3.05, 3.63) is 53.6 Å². The summed E-state index contributed by atoms with van der Waals surface area (Å²) in [7, 11) is 0. The summed E-state index contributed by atoms with van der Waals surface area (Å²) in [5.41, 5.74) is 11.1. The Bertz CT molecular complexity index is 980. The second kappa shape index (κ2) is 8.07. The smallest absolute Gasteiger partial charge is 0.198 e. The molecular weight excluding hydrogens is 348 g/mol. The summed E-state index contributed by atoms with van der Waals surface area (Å²) in [6, 6.07) is 14.0. The average Bonchev–Trinajstić information content (AvgIpc) is 2.82. The van der Waals surface area contributed by atoms with Crippen LogP contribution in [0, 0.1) is 0 Å². The highest BCUT2D eigenvalue weighted by Crippen LogP contribution is 2.30. The quantitative estimate of drug-likeness (QED) is 0.444. The Morgan fingerprint density at radius 3 is 2.50 bits per heavy atom. The van der Waals surface area contributed by atoms with E-state index in [2.05, 4.69) is 34.1 Å². The SMILES string of the molecule is CC(=Nc1ccc(CN2CCCCCC2)cc1)c1c(O)[nH]c2ccc(N)cc12. The lowest BCUT2D eigenvalue weighted by atomic mass is 10.1. The molecular formula is C23H28N4O. The summed E-state index contributed by atoms with van der Waals surface area (Å²) in [5.74, 6) is 0.125. The summed E-state index contributed by atoms with van der Waals surface area (Å²) in [6.07, 6.45) is 5.33. The number of hydrogen-bond acceptors (Lipinski definition) is 4. The molecule has 1 saturated heterocycles. The molecule has 0 aliphatic carbocycles. The number of nitrogens with two attached hydrogens (primary N) is 1. The summed E-state index contributed by atoms with van der Waals surface area (Å²) >= 11 is 0. The zero-order valence-corrected chi connectivity index (χ0v) is 16.4. The van der Waals surface area contributed by atoms with Crippen molar-refractivity contribution in [1.29, 1.82) is 0 Å². The first-order valence-electron chi connectivity index (χ1n) is 10.1. The first-order valence-corrected chi connectivity index (χ1v) is 10.1. The summed E-state index contributed by atoms with van der Waals surface area (Å²) < 4.78 is 0. The van der Waals surface area contributed by atoms with Crippen molar-refractivity contribution in [2.75, 3.05) is 18.8 Å². The fourth-order valence-electron chi connectivity index (χ4n) is 4.04. The fourth-order valence-corrected chi connectivity index (χ4v) is 4.04. The van der Waals surface area contributed by atoms with E-state index < -0.39 is 0 Å². The van der Waals surface area contributed by atoms with Gasteiger partial charge in [-0.1, -0.05) is 25.0 Å². The van der Waals surface area contributed by atoms with Gasteiger partial charge in [0.05, 0.1) is 17.0 Å². The molecule has 0 spiro atoms. The maximum atomic E-state index is 10.3. The fraction of sp³-hybridized carbons (Fsp3) is 0.348. The molecule has 146 valence electrons. The Kier molecular flexibility index (Phi) is 5.35. The highest BCUT2D eigenvalue weighted by atomic mass is 16.3. The third-order valence-corrected chi connectivity index (χ3v) is 5.50. The number of anilines is 1.